The van der Waals surface area contributed by atoms with Gasteiger partial charge in [-0.2, -0.15) is 0 Å². The number of aromatic nitrogens is 1. The molecule has 7 heteroatoms. The Bertz CT molecular complexity index is 1020. The van der Waals surface area contributed by atoms with Gasteiger partial charge in [0, 0.05) is 19.3 Å². The van der Waals surface area contributed by atoms with Crippen molar-refractivity contribution in [2.24, 2.45) is 5.92 Å². The van der Waals surface area contributed by atoms with E-state index in [0.717, 1.165) is 55.1 Å². The Balaban J connectivity index is 1.37. The zero-order chi connectivity index (χ0) is 25.4. The van der Waals surface area contributed by atoms with E-state index in [1.165, 1.54) is 12.7 Å². The topological polar surface area (TPSA) is 69.7 Å². The maximum Gasteiger partial charge on any atom is 0.306 e. The summed E-state index contributed by atoms with van der Waals surface area (Å²) in [6.45, 7) is 1.92. The fourth-order valence-electron chi connectivity index (χ4n) is 5.60. The quantitative estimate of drug-likeness (QED) is 0.302. The third-order valence-electron chi connectivity index (χ3n) is 7.58. The minimum atomic E-state index is -1.18. The van der Waals surface area contributed by atoms with Gasteiger partial charge in [-0.3, -0.25) is 4.79 Å². The van der Waals surface area contributed by atoms with Gasteiger partial charge >= 0.3 is 5.97 Å². The molecule has 0 bridgehead atoms. The Hall–Kier alpha value is -2.67. The molecule has 1 aromatic carbocycles. The largest absolute Gasteiger partial charge is 0.491 e. The van der Waals surface area contributed by atoms with Crippen LogP contribution in [0.2, 0.25) is 0 Å². The molecule has 1 N–H and O–H groups in total. The Morgan fingerprint density at radius 3 is 2.97 bits per heavy atom. The predicted molar refractivity (Wildman–Crippen MR) is 138 cm³/mol. The highest BCUT2D eigenvalue weighted by Gasteiger charge is 2.40. The first-order valence-electron chi connectivity index (χ1n) is 13.2. The monoisotopic (exact) mass is 498 g/mol. The van der Waals surface area contributed by atoms with Crippen LogP contribution >= 0.6 is 0 Å². The summed E-state index contributed by atoms with van der Waals surface area (Å²) >= 11 is 0. The van der Waals surface area contributed by atoms with Crippen molar-refractivity contribution < 1.29 is 23.4 Å². The minimum absolute atomic E-state index is 0.0378. The van der Waals surface area contributed by atoms with Crippen LogP contribution in [0.5, 0.6) is 5.75 Å². The first-order chi connectivity index (χ1) is 17.5. The van der Waals surface area contributed by atoms with Gasteiger partial charge in [-0.15, -0.1) is 0 Å². The van der Waals surface area contributed by atoms with E-state index in [4.69, 9.17) is 19.2 Å². The fourth-order valence-corrected chi connectivity index (χ4v) is 5.60. The second-order valence-corrected chi connectivity index (χ2v) is 10.2. The van der Waals surface area contributed by atoms with Crippen molar-refractivity contribution in [2.45, 2.75) is 69.4 Å². The van der Waals surface area contributed by atoms with E-state index in [-0.39, 0.29) is 24.2 Å². The number of pyridine rings is 1. The van der Waals surface area contributed by atoms with E-state index in [1.807, 2.05) is 24.3 Å². The summed E-state index contributed by atoms with van der Waals surface area (Å²) in [6, 6.07) is 12.0. The molecule has 0 amide bonds. The molecule has 3 atom stereocenters. The molecule has 4 rings (SSSR count). The van der Waals surface area contributed by atoms with Gasteiger partial charge in [0.05, 0.1) is 20.1 Å². The summed E-state index contributed by atoms with van der Waals surface area (Å²) in [4.78, 5) is 16.9. The first kappa shape index (κ1) is 26.4. The Kier molecular flexibility index (Phi) is 9.19. The molecule has 6 nitrogen and oxygen atoms in total. The lowest BCUT2D eigenvalue weighted by Crippen LogP contribution is -2.21. The number of hydrogen-bond donors (Lipinski definition) is 1. The summed E-state index contributed by atoms with van der Waals surface area (Å²) in [5.41, 5.74) is 2.05. The van der Waals surface area contributed by atoms with Crippen LogP contribution in [0.3, 0.4) is 0 Å². The summed E-state index contributed by atoms with van der Waals surface area (Å²) in [5.74, 6) is 1.65. The Labute approximate surface area is 213 Å². The van der Waals surface area contributed by atoms with Crippen molar-refractivity contribution in [3.05, 3.63) is 53.2 Å². The highest BCUT2D eigenvalue weighted by molar-refractivity contribution is 5.70. The maximum atomic E-state index is 15.8. The number of fused-ring (bicyclic) bond motifs is 1. The lowest BCUT2D eigenvalue weighted by atomic mass is 9.84. The number of nitrogens with one attached hydrogen (secondary N) is 1. The molecule has 0 spiro atoms. The van der Waals surface area contributed by atoms with E-state index >= 15 is 4.39 Å². The zero-order valence-electron chi connectivity index (χ0n) is 21.6. The van der Waals surface area contributed by atoms with Gasteiger partial charge < -0.3 is 19.5 Å². The zero-order valence-corrected chi connectivity index (χ0v) is 21.6. The smallest absolute Gasteiger partial charge is 0.306 e. The number of methoxy groups -OCH3 is 2. The number of halogens is 1. The van der Waals surface area contributed by atoms with Crippen molar-refractivity contribution in [3.8, 4) is 5.75 Å². The second kappa shape index (κ2) is 12.5. The molecule has 1 saturated carbocycles. The molecule has 1 aromatic heterocycles. The van der Waals surface area contributed by atoms with Crippen LogP contribution in [0.15, 0.2) is 36.4 Å². The average molecular weight is 499 g/mol. The van der Waals surface area contributed by atoms with E-state index < -0.39 is 5.67 Å². The fraction of sp³-hybridized carbons (Fsp3) is 0.586. The van der Waals surface area contributed by atoms with Gasteiger partial charge in [0.15, 0.2) is 0 Å². The minimum Gasteiger partial charge on any atom is -0.491 e. The van der Waals surface area contributed by atoms with Crippen molar-refractivity contribution in [2.75, 3.05) is 39.3 Å². The van der Waals surface area contributed by atoms with Crippen LogP contribution in [-0.2, 0) is 27.1 Å². The standard InChI is InChI=1S/C29H39FN2O4/c1-34-15-16-36-26-7-3-5-23(18-26)24(19-27(33)35-2)17-21-10-12-29(30,20-21)13-11-25-9-8-22-6-4-14-31-28(22)32-25/h3,5,7-9,18,21,24H,4,6,10-17,19-20H2,1-2H3,(H,31,32)/t21?,24?,29-/m0/s1. The first-order valence-corrected chi connectivity index (χ1v) is 13.2. The third-order valence-corrected chi connectivity index (χ3v) is 7.58. The van der Waals surface area contributed by atoms with Crippen LogP contribution in [-0.4, -0.2) is 50.6 Å². The summed E-state index contributed by atoms with van der Waals surface area (Å²) < 4.78 is 31.6. The number of carbonyl (C=O) groups excluding carboxylic acids is 1. The molecule has 2 heterocycles. The molecule has 0 radical (unpaired) electrons. The van der Waals surface area contributed by atoms with Crippen LogP contribution in [0.25, 0.3) is 0 Å². The van der Waals surface area contributed by atoms with Gasteiger partial charge in [-0.1, -0.05) is 18.2 Å². The lowest BCUT2D eigenvalue weighted by molar-refractivity contribution is -0.141. The number of carbonyl (C=O) groups is 1. The van der Waals surface area contributed by atoms with Gasteiger partial charge in [0.25, 0.3) is 0 Å². The molecule has 2 unspecified atom stereocenters. The molecule has 36 heavy (non-hydrogen) atoms. The molecular weight excluding hydrogens is 459 g/mol. The molecule has 1 aliphatic carbocycles. The Morgan fingerprint density at radius 2 is 2.14 bits per heavy atom. The molecule has 0 saturated heterocycles. The number of hydrogen-bond acceptors (Lipinski definition) is 6. The van der Waals surface area contributed by atoms with Crippen LogP contribution in [0, 0.1) is 5.92 Å². The lowest BCUT2D eigenvalue weighted by Gasteiger charge is -2.23. The van der Waals surface area contributed by atoms with Crippen molar-refractivity contribution in [1.29, 1.82) is 0 Å². The predicted octanol–water partition coefficient (Wildman–Crippen LogP) is 5.64. The number of rotatable bonds is 12. The molecule has 2 aromatic rings. The van der Waals surface area contributed by atoms with Crippen LogP contribution < -0.4 is 10.1 Å². The molecule has 196 valence electrons. The highest BCUT2D eigenvalue weighted by Crippen LogP contribution is 2.45. The average Bonchev–Trinajstić information content (AvgIpc) is 3.28. The molecule has 1 aliphatic heterocycles. The maximum absolute atomic E-state index is 15.8. The molecule has 2 aliphatic rings. The number of aryl methyl sites for hydroxylation is 2. The SMILES string of the molecule is COCCOc1cccc(C(CC(=O)OC)CC2CC[C@](F)(CCc3ccc4c(n3)NCCC4)C2)c1. The summed E-state index contributed by atoms with van der Waals surface area (Å²) in [5, 5.41) is 3.37. The van der Waals surface area contributed by atoms with Crippen molar-refractivity contribution in [3.63, 3.8) is 0 Å². The van der Waals surface area contributed by atoms with E-state index in [2.05, 4.69) is 17.4 Å². The van der Waals surface area contributed by atoms with Gasteiger partial charge in [-0.05, 0) is 92.5 Å². The third kappa shape index (κ3) is 7.19. The van der Waals surface area contributed by atoms with Crippen molar-refractivity contribution in [1.82, 2.24) is 4.98 Å². The van der Waals surface area contributed by atoms with Crippen molar-refractivity contribution >= 4 is 11.8 Å². The Morgan fingerprint density at radius 1 is 1.25 bits per heavy atom. The summed E-state index contributed by atoms with van der Waals surface area (Å²) in [7, 11) is 3.05. The van der Waals surface area contributed by atoms with E-state index in [0.29, 0.717) is 38.9 Å². The van der Waals surface area contributed by atoms with Gasteiger partial charge in [0.2, 0.25) is 0 Å². The number of nitrogens with zero attached hydrogens (tertiary/aromatic N) is 1. The molecular formula is C29H39FN2O4. The molecule has 1 fully saturated rings. The number of alkyl halides is 1. The number of benzene rings is 1. The van der Waals surface area contributed by atoms with Gasteiger partial charge in [-0.25, -0.2) is 9.37 Å². The van der Waals surface area contributed by atoms with Crippen LogP contribution in [0.1, 0.15) is 67.7 Å². The highest BCUT2D eigenvalue weighted by atomic mass is 19.1. The number of esters is 1. The van der Waals surface area contributed by atoms with Gasteiger partial charge in [0.1, 0.15) is 23.8 Å². The number of ether oxygens (including phenoxy) is 3. The summed E-state index contributed by atoms with van der Waals surface area (Å²) in [6.07, 6.45) is 6.26. The van der Waals surface area contributed by atoms with E-state index in [1.54, 1.807) is 7.11 Å². The number of anilines is 1. The normalized spacial score (nSPS) is 21.9. The van der Waals surface area contributed by atoms with Crippen LogP contribution in [0.4, 0.5) is 10.2 Å². The second-order valence-electron chi connectivity index (χ2n) is 10.2. The van der Waals surface area contributed by atoms with E-state index in [9.17, 15) is 4.79 Å².